The number of nitrogens with one attached hydrogen (secondary N) is 5. The highest BCUT2D eigenvalue weighted by Crippen LogP contribution is 2.33. The first-order valence-corrected chi connectivity index (χ1v) is 15.5. The maximum absolute atomic E-state index is 13.9. The quantitative estimate of drug-likeness (QED) is 0.211. The summed E-state index contributed by atoms with van der Waals surface area (Å²) in [5, 5.41) is 9.69. The summed E-state index contributed by atoms with van der Waals surface area (Å²) < 4.78 is 4.97. The molecular formula is C32H43N7O5. The third-order valence-electron chi connectivity index (χ3n) is 8.93. The fourth-order valence-electron chi connectivity index (χ4n) is 6.35. The van der Waals surface area contributed by atoms with Crippen molar-refractivity contribution in [3.63, 3.8) is 0 Å². The van der Waals surface area contributed by atoms with E-state index >= 15 is 0 Å². The monoisotopic (exact) mass is 605 g/mol. The Morgan fingerprint density at radius 3 is 2.34 bits per heavy atom. The minimum Gasteiger partial charge on any atom is -0.467 e. The van der Waals surface area contributed by atoms with Gasteiger partial charge in [-0.1, -0.05) is 18.2 Å². The first kappa shape index (κ1) is 31.1. The number of nitrogens with zero attached hydrogens (tertiary/aromatic N) is 2. The number of H-pyrrole nitrogens is 2. The molecule has 2 aromatic heterocycles. The van der Waals surface area contributed by atoms with Crippen LogP contribution in [-0.4, -0.2) is 81.0 Å². The average Bonchev–Trinajstić information content (AvgIpc) is 3.62. The van der Waals surface area contributed by atoms with Gasteiger partial charge in [-0.3, -0.25) is 9.59 Å². The lowest BCUT2D eigenvalue weighted by Crippen LogP contribution is -2.60. The number of amides is 4. The number of likely N-dealkylation sites (tertiary alicyclic amines) is 1. The molecule has 3 heterocycles. The molecule has 5 rings (SSSR count). The maximum Gasteiger partial charge on any atom is 0.328 e. The van der Waals surface area contributed by atoms with Crippen molar-refractivity contribution in [3.05, 3.63) is 53.7 Å². The van der Waals surface area contributed by atoms with E-state index in [9.17, 15) is 19.2 Å². The van der Waals surface area contributed by atoms with E-state index < -0.39 is 35.9 Å². The van der Waals surface area contributed by atoms with Crippen LogP contribution < -0.4 is 16.0 Å². The number of esters is 1. The van der Waals surface area contributed by atoms with Gasteiger partial charge < -0.3 is 35.6 Å². The molecule has 1 saturated carbocycles. The van der Waals surface area contributed by atoms with Gasteiger partial charge in [0.25, 0.3) is 0 Å². The van der Waals surface area contributed by atoms with E-state index in [-0.39, 0.29) is 36.9 Å². The molecule has 0 radical (unpaired) electrons. The largest absolute Gasteiger partial charge is 0.467 e. The Labute approximate surface area is 257 Å². The van der Waals surface area contributed by atoms with Gasteiger partial charge in [-0.05, 0) is 70.4 Å². The van der Waals surface area contributed by atoms with Crippen molar-refractivity contribution >= 4 is 34.7 Å². The van der Waals surface area contributed by atoms with Crippen molar-refractivity contribution in [2.24, 2.45) is 5.92 Å². The molecular weight excluding hydrogens is 562 g/mol. The number of aryl methyl sites for hydroxylation is 1. The summed E-state index contributed by atoms with van der Waals surface area (Å²) in [6, 6.07) is 4.87. The molecule has 1 unspecified atom stereocenters. The number of benzene rings is 1. The minimum atomic E-state index is -1.03. The number of carbonyl (C=O) groups is 4. The van der Waals surface area contributed by atoms with Gasteiger partial charge in [0.2, 0.25) is 11.8 Å². The van der Waals surface area contributed by atoms with Crippen LogP contribution in [0.25, 0.3) is 10.9 Å². The Hall–Kier alpha value is -4.35. The van der Waals surface area contributed by atoms with E-state index in [0.29, 0.717) is 5.69 Å². The number of ether oxygens (including phenoxy) is 1. The molecule has 1 aliphatic heterocycles. The van der Waals surface area contributed by atoms with Crippen molar-refractivity contribution < 1.29 is 23.9 Å². The molecule has 0 bridgehead atoms. The Kier molecular flexibility index (Phi) is 9.55. The zero-order valence-corrected chi connectivity index (χ0v) is 25.8. The van der Waals surface area contributed by atoms with Crippen molar-refractivity contribution in [2.45, 2.75) is 95.9 Å². The molecule has 2 fully saturated rings. The van der Waals surface area contributed by atoms with Crippen LogP contribution >= 0.6 is 0 Å². The number of rotatable bonds is 11. The second-order valence-corrected chi connectivity index (χ2v) is 12.2. The van der Waals surface area contributed by atoms with Gasteiger partial charge in [0, 0.05) is 53.4 Å². The molecule has 0 spiro atoms. The fraction of sp³-hybridized carbons (Fsp3) is 0.531. The van der Waals surface area contributed by atoms with Crippen molar-refractivity contribution in [1.82, 2.24) is 35.8 Å². The van der Waals surface area contributed by atoms with E-state index in [1.165, 1.54) is 13.4 Å². The number of para-hydroxylation sites is 1. The molecule has 44 heavy (non-hydrogen) atoms. The van der Waals surface area contributed by atoms with Crippen LogP contribution in [0.3, 0.4) is 0 Å². The van der Waals surface area contributed by atoms with E-state index in [2.05, 4.69) is 30.9 Å². The van der Waals surface area contributed by atoms with Gasteiger partial charge in [0.15, 0.2) is 0 Å². The van der Waals surface area contributed by atoms with Crippen molar-refractivity contribution in [2.75, 3.05) is 7.11 Å². The number of urea groups is 1. The molecule has 12 heteroatoms. The summed E-state index contributed by atoms with van der Waals surface area (Å²) in [6.45, 7) is 5.99. The zero-order chi connectivity index (χ0) is 31.4. The van der Waals surface area contributed by atoms with E-state index in [0.717, 1.165) is 54.3 Å². The molecule has 4 amide bonds. The molecule has 3 aromatic rings. The lowest BCUT2D eigenvalue weighted by Gasteiger charge is -2.39. The van der Waals surface area contributed by atoms with E-state index in [4.69, 9.17) is 4.74 Å². The van der Waals surface area contributed by atoms with Gasteiger partial charge in [-0.2, -0.15) is 0 Å². The number of carbonyl (C=O) groups excluding carboxylic acids is 4. The maximum atomic E-state index is 13.9. The zero-order valence-electron chi connectivity index (χ0n) is 25.8. The predicted octanol–water partition coefficient (Wildman–Crippen LogP) is 2.88. The standard InChI is InChI=1S/C32H43N7O5/c1-18-8-7-9-19(2)39(18)32(43)38-28(21-12-13-21)30(41)36-26(15-24-20(3)35-25-11-6-5-10-23(24)25)29(40)37-27(31(42)44-4)14-22-16-33-17-34-22/h5-6,10-11,16-19,21,26-28,35H,7-9,12-15H2,1-4H3,(H,33,34)(H,36,41)(H,37,40)(H,38,43)/t18-,19+,26-,27-,28?/m1/s1. The van der Waals surface area contributed by atoms with Crippen molar-refractivity contribution in [3.8, 4) is 0 Å². The van der Waals surface area contributed by atoms with Crippen LogP contribution in [0.1, 0.15) is 62.9 Å². The number of aromatic nitrogens is 3. The summed E-state index contributed by atoms with van der Waals surface area (Å²) in [6.07, 6.45) is 7.92. The van der Waals surface area contributed by atoms with Crippen LogP contribution in [0, 0.1) is 12.8 Å². The van der Waals surface area contributed by atoms with Gasteiger partial charge >= 0.3 is 12.0 Å². The third kappa shape index (κ3) is 7.06. The van der Waals surface area contributed by atoms with Crippen LogP contribution in [0.5, 0.6) is 0 Å². The molecule has 5 N–H and O–H groups in total. The number of hydrogen-bond acceptors (Lipinski definition) is 6. The second kappa shape index (κ2) is 13.5. The number of imidazole rings is 1. The highest BCUT2D eigenvalue weighted by Gasteiger charge is 2.41. The Bertz CT molecular complexity index is 1470. The molecule has 1 aromatic carbocycles. The Morgan fingerprint density at radius 2 is 1.68 bits per heavy atom. The second-order valence-electron chi connectivity index (χ2n) is 12.2. The predicted molar refractivity (Wildman–Crippen MR) is 165 cm³/mol. The minimum absolute atomic E-state index is 0.00363. The van der Waals surface area contributed by atoms with Crippen LogP contribution in [-0.2, 0) is 32.0 Å². The Morgan fingerprint density at radius 1 is 0.977 bits per heavy atom. The van der Waals surface area contributed by atoms with E-state index in [1.807, 2.05) is 49.9 Å². The summed E-state index contributed by atoms with van der Waals surface area (Å²) >= 11 is 0. The lowest BCUT2D eigenvalue weighted by atomic mass is 9.98. The average molecular weight is 606 g/mol. The number of aromatic amines is 2. The van der Waals surface area contributed by atoms with Gasteiger partial charge in [-0.25, -0.2) is 14.6 Å². The molecule has 2 aliphatic rings. The van der Waals surface area contributed by atoms with Crippen LogP contribution in [0.4, 0.5) is 4.79 Å². The highest BCUT2D eigenvalue weighted by molar-refractivity contribution is 5.95. The molecule has 236 valence electrons. The number of hydrogen-bond donors (Lipinski definition) is 5. The molecule has 12 nitrogen and oxygen atoms in total. The number of fused-ring (bicyclic) bond motifs is 1. The highest BCUT2D eigenvalue weighted by atomic mass is 16.5. The normalized spacial score (nSPS) is 20.4. The Balaban J connectivity index is 1.38. The topological polar surface area (TPSA) is 161 Å². The molecule has 1 aliphatic carbocycles. The van der Waals surface area contributed by atoms with Gasteiger partial charge in [0.1, 0.15) is 18.1 Å². The molecule has 1 saturated heterocycles. The lowest BCUT2D eigenvalue weighted by molar-refractivity contribution is -0.145. The number of methoxy groups -OCH3 is 1. The fourth-order valence-corrected chi connectivity index (χ4v) is 6.35. The first-order valence-electron chi connectivity index (χ1n) is 15.5. The van der Waals surface area contributed by atoms with Crippen LogP contribution in [0.15, 0.2) is 36.8 Å². The SMILES string of the molecule is COC(=O)[C@@H](Cc1cnc[nH]1)NC(=O)[C@@H](Cc1c(C)[nH]c2ccccc12)NC(=O)C(NC(=O)N1[C@H](C)CCC[C@@H]1C)C1CC1. The smallest absolute Gasteiger partial charge is 0.328 e. The summed E-state index contributed by atoms with van der Waals surface area (Å²) in [7, 11) is 1.26. The third-order valence-corrected chi connectivity index (χ3v) is 8.93. The summed E-state index contributed by atoms with van der Waals surface area (Å²) in [5.74, 6) is -1.57. The van der Waals surface area contributed by atoms with E-state index in [1.54, 1.807) is 6.20 Å². The van der Waals surface area contributed by atoms with Gasteiger partial charge in [-0.15, -0.1) is 0 Å². The van der Waals surface area contributed by atoms with Gasteiger partial charge in [0.05, 0.1) is 13.4 Å². The number of piperidine rings is 1. The first-order chi connectivity index (χ1) is 21.2. The van der Waals surface area contributed by atoms with Crippen LogP contribution in [0.2, 0.25) is 0 Å². The summed E-state index contributed by atoms with van der Waals surface area (Å²) in [4.78, 5) is 66.0. The molecule has 5 atom stereocenters. The van der Waals surface area contributed by atoms with Crippen molar-refractivity contribution in [1.29, 1.82) is 0 Å². The summed E-state index contributed by atoms with van der Waals surface area (Å²) in [5.41, 5.74) is 3.32.